The molecule has 2 heterocycles. The molecule has 0 saturated heterocycles. The lowest BCUT2D eigenvalue weighted by atomic mass is 9.92. The number of nitrogens with zero attached hydrogens (tertiary/aromatic N) is 10. The third-order valence-corrected chi connectivity index (χ3v) is 7.13. The van der Waals surface area contributed by atoms with E-state index in [0.29, 0.717) is 50.8 Å². The molecule has 0 unspecified atom stereocenters. The minimum atomic E-state index is -5.20. The molecule has 2 aliphatic carbocycles. The summed E-state index contributed by atoms with van der Waals surface area (Å²) in [6, 6.07) is 3.38. The fourth-order valence-electron chi connectivity index (χ4n) is 5.69. The molecule has 2 aliphatic rings. The second-order valence-corrected chi connectivity index (χ2v) is 9.92. The number of fused-ring (bicyclic) bond motifs is 2. The number of rotatable bonds is 3. The SMILES string of the molecule is [C-]#[N+]C([N+]#[C-])=C1Cc2c(-c3nc(C)nc(C)n3)c3c(c(-c4nc(C)nc(C)n4)c2=C1C)CC(=C(C#N)C#N)C=3OC(F)(F)F. The van der Waals surface area contributed by atoms with Crippen molar-refractivity contribution in [2.24, 2.45) is 0 Å². The molecule has 3 aromatic rings. The third kappa shape index (κ3) is 4.89. The van der Waals surface area contributed by atoms with Gasteiger partial charge >= 0.3 is 12.2 Å². The van der Waals surface area contributed by atoms with Crippen LogP contribution in [-0.2, 0) is 17.6 Å². The van der Waals surface area contributed by atoms with Crippen molar-refractivity contribution < 1.29 is 17.9 Å². The lowest BCUT2D eigenvalue weighted by Crippen LogP contribution is -2.27. The van der Waals surface area contributed by atoms with Gasteiger partial charge in [0.15, 0.2) is 11.6 Å². The molecule has 0 fully saturated rings. The van der Waals surface area contributed by atoms with Crippen LogP contribution in [0.1, 0.15) is 41.3 Å². The van der Waals surface area contributed by atoms with Crippen molar-refractivity contribution in [1.82, 2.24) is 29.9 Å². The number of ether oxygens (including phenoxy) is 1. The van der Waals surface area contributed by atoms with Crippen LogP contribution < -0.4 is 10.4 Å². The molecule has 5 rings (SSSR count). The molecule has 2 aromatic heterocycles. The number of allylic oxidation sites excluding steroid dienone is 2. The van der Waals surface area contributed by atoms with E-state index in [2.05, 4.69) is 44.3 Å². The lowest BCUT2D eigenvalue weighted by Gasteiger charge is -2.16. The van der Waals surface area contributed by atoms with Crippen LogP contribution in [0, 0.1) is 63.5 Å². The Balaban J connectivity index is 2.17. The highest BCUT2D eigenvalue weighted by Gasteiger charge is 2.41. The van der Waals surface area contributed by atoms with Crippen LogP contribution in [-0.4, -0.2) is 36.3 Å². The average molecular weight is 593 g/mol. The molecule has 11 nitrogen and oxygen atoms in total. The van der Waals surface area contributed by atoms with Crippen molar-refractivity contribution in [3.63, 3.8) is 0 Å². The van der Waals surface area contributed by atoms with E-state index in [9.17, 15) is 23.7 Å². The minimum absolute atomic E-state index is 0.0224. The maximum absolute atomic E-state index is 14.0. The largest absolute Gasteiger partial charge is 0.573 e. The molecule has 0 aliphatic heterocycles. The Labute approximate surface area is 248 Å². The Hall–Kier alpha value is -5.99. The number of aromatic nitrogens is 6. The van der Waals surface area contributed by atoms with Crippen molar-refractivity contribution in [1.29, 1.82) is 10.5 Å². The van der Waals surface area contributed by atoms with Crippen LogP contribution in [0.3, 0.4) is 0 Å². The highest BCUT2D eigenvalue weighted by Crippen LogP contribution is 2.40. The molecular formula is C30H19F3N10O. The number of nitriles is 2. The zero-order chi connectivity index (χ0) is 32.1. The minimum Gasteiger partial charge on any atom is -0.405 e. The fourth-order valence-corrected chi connectivity index (χ4v) is 5.69. The standard InChI is InChI=1S/C30H19F3N10O/c1-12-18(27(36-6)37-7)8-20-22(12)24(28-40-13(2)38-14(3)41-28)21-9-19(17(10-34)11-35)26(44-30(31,32)33)23(21)25(20)29-42-15(4)39-16(5)43-29/h8-9H2,1-5H3. The predicted molar refractivity (Wildman–Crippen MR) is 148 cm³/mol. The molecule has 0 saturated carbocycles. The molecule has 1 aromatic carbocycles. The van der Waals surface area contributed by atoms with Crippen LogP contribution in [0.15, 0.2) is 22.5 Å². The molecule has 0 amide bonds. The quantitative estimate of drug-likeness (QED) is 0.326. The smallest absolute Gasteiger partial charge is 0.405 e. The van der Waals surface area contributed by atoms with Crippen molar-refractivity contribution in [3.05, 3.63) is 90.2 Å². The molecular weight excluding hydrogens is 573 g/mol. The lowest BCUT2D eigenvalue weighted by molar-refractivity contribution is -0.290. The molecule has 44 heavy (non-hydrogen) atoms. The molecule has 14 heteroatoms. The predicted octanol–water partition coefficient (Wildman–Crippen LogP) is 3.95. The van der Waals surface area contributed by atoms with E-state index in [1.165, 1.54) is 0 Å². The summed E-state index contributed by atoms with van der Waals surface area (Å²) in [7, 11) is 0. The Kier molecular flexibility index (Phi) is 7.17. The maximum atomic E-state index is 14.0. The van der Waals surface area contributed by atoms with E-state index >= 15 is 0 Å². The van der Waals surface area contributed by atoms with Crippen molar-refractivity contribution in [3.8, 4) is 34.9 Å². The van der Waals surface area contributed by atoms with Gasteiger partial charge in [0.1, 0.15) is 59.9 Å². The second kappa shape index (κ2) is 10.7. The van der Waals surface area contributed by atoms with Crippen molar-refractivity contribution in [2.75, 3.05) is 0 Å². The summed E-state index contributed by atoms with van der Waals surface area (Å²) in [5, 5.41) is 19.9. The van der Waals surface area contributed by atoms with Crippen LogP contribution in [0.2, 0.25) is 0 Å². The Morgan fingerprint density at radius 3 is 1.59 bits per heavy atom. The average Bonchev–Trinajstić information content (AvgIpc) is 3.45. The van der Waals surface area contributed by atoms with E-state index in [1.54, 1.807) is 46.8 Å². The van der Waals surface area contributed by atoms with Crippen LogP contribution in [0.4, 0.5) is 13.2 Å². The summed E-state index contributed by atoms with van der Waals surface area (Å²) < 4.78 is 46.8. The first-order valence-corrected chi connectivity index (χ1v) is 12.9. The van der Waals surface area contributed by atoms with Gasteiger partial charge in [0.05, 0.1) is 5.57 Å². The monoisotopic (exact) mass is 592 g/mol. The second-order valence-electron chi connectivity index (χ2n) is 9.92. The van der Waals surface area contributed by atoms with Gasteiger partial charge in [-0.25, -0.2) is 29.9 Å². The van der Waals surface area contributed by atoms with Gasteiger partial charge < -0.3 is 4.74 Å². The Morgan fingerprint density at radius 1 is 0.727 bits per heavy atom. The van der Waals surface area contributed by atoms with Crippen LogP contribution in [0.5, 0.6) is 0 Å². The number of alkyl halides is 3. The van der Waals surface area contributed by atoms with Gasteiger partial charge in [-0.2, -0.15) is 20.2 Å². The van der Waals surface area contributed by atoms with Crippen LogP contribution >= 0.6 is 0 Å². The Morgan fingerprint density at radius 2 is 1.16 bits per heavy atom. The molecule has 0 radical (unpaired) electrons. The highest BCUT2D eigenvalue weighted by atomic mass is 19.4. The maximum Gasteiger partial charge on any atom is 0.573 e. The van der Waals surface area contributed by atoms with Gasteiger partial charge in [-0.05, 0) is 63.0 Å². The molecule has 216 valence electrons. The molecule has 0 atom stereocenters. The highest BCUT2D eigenvalue weighted by molar-refractivity contribution is 5.89. The number of benzene rings is 1. The van der Waals surface area contributed by atoms with Crippen molar-refractivity contribution in [2.45, 2.75) is 53.8 Å². The number of hydrogen-bond acceptors (Lipinski definition) is 9. The fraction of sp³-hybridized carbons (Fsp3) is 0.267. The topological polar surface area (TPSA) is 143 Å². The summed E-state index contributed by atoms with van der Waals surface area (Å²) in [6.07, 6.45) is -5.54. The number of halogens is 3. The third-order valence-electron chi connectivity index (χ3n) is 7.13. The van der Waals surface area contributed by atoms with E-state index < -0.39 is 17.7 Å². The van der Waals surface area contributed by atoms with Crippen molar-refractivity contribution >= 4 is 11.3 Å². The van der Waals surface area contributed by atoms with Gasteiger partial charge in [0.2, 0.25) is 0 Å². The zero-order valence-corrected chi connectivity index (χ0v) is 23.9. The molecule has 0 N–H and O–H groups in total. The van der Waals surface area contributed by atoms with Crippen LogP contribution in [0.25, 0.3) is 43.8 Å². The van der Waals surface area contributed by atoms with Gasteiger partial charge in [0.25, 0.3) is 0 Å². The number of aryl methyl sites for hydroxylation is 4. The summed E-state index contributed by atoms with van der Waals surface area (Å²) >= 11 is 0. The zero-order valence-electron chi connectivity index (χ0n) is 23.9. The summed E-state index contributed by atoms with van der Waals surface area (Å²) in [6.45, 7) is 23.4. The summed E-state index contributed by atoms with van der Waals surface area (Å²) in [4.78, 5) is 33.2. The summed E-state index contributed by atoms with van der Waals surface area (Å²) in [5.74, 6) is 0.492. The molecule has 0 bridgehead atoms. The van der Waals surface area contributed by atoms with Gasteiger partial charge in [-0.15, -0.1) is 13.2 Å². The van der Waals surface area contributed by atoms with E-state index in [0.717, 1.165) is 0 Å². The van der Waals surface area contributed by atoms with Gasteiger partial charge in [0, 0.05) is 28.3 Å². The molecule has 0 spiro atoms. The van der Waals surface area contributed by atoms with Gasteiger partial charge in [-0.1, -0.05) is 0 Å². The first-order valence-electron chi connectivity index (χ1n) is 12.9. The summed E-state index contributed by atoms with van der Waals surface area (Å²) in [5.41, 5.74) is 1.18. The first kappa shape index (κ1) is 29.5. The van der Waals surface area contributed by atoms with E-state index in [-0.39, 0.29) is 52.2 Å². The Bertz CT molecular complexity index is 2110. The normalized spacial score (nSPS) is 13.5. The number of hydrogen-bond donors (Lipinski definition) is 0. The van der Waals surface area contributed by atoms with E-state index in [1.807, 2.05) is 0 Å². The van der Waals surface area contributed by atoms with Gasteiger partial charge in [-0.3, -0.25) is 0 Å². The first-order chi connectivity index (χ1) is 20.8. The van der Waals surface area contributed by atoms with E-state index in [4.69, 9.17) is 13.1 Å².